The fraction of sp³-hybridized carbons (Fsp3) is 0.600. The number of fused-ring (bicyclic) bond motifs is 1. The largest absolute Gasteiger partial charge is 0.361 e. The van der Waals surface area contributed by atoms with Crippen molar-refractivity contribution in [2.75, 3.05) is 20.1 Å². The molecule has 1 aromatic heterocycles. The topological polar surface area (TPSA) is 56.4 Å². The van der Waals surface area contributed by atoms with Gasteiger partial charge in [0.2, 0.25) is 0 Å². The van der Waals surface area contributed by atoms with Gasteiger partial charge in [-0.1, -0.05) is 37.5 Å². The predicted molar refractivity (Wildman–Crippen MR) is 105 cm³/mol. The first kappa shape index (κ1) is 18.0. The van der Waals surface area contributed by atoms with Crippen LogP contribution in [0.15, 0.2) is 30.5 Å². The third-order valence-corrected chi connectivity index (χ3v) is 8.34. The number of hydrogen-bond acceptors (Lipinski definition) is 2. The molecule has 142 valence electrons. The highest BCUT2D eigenvalue weighted by Gasteiger charge is 2.35. The van der Waals surface area contributed by atoms with Gasteiger partial charge in [-0.3, -0.25) is 0 Å². The third-order valence-electron chi connectivity index (χ3n) is 6.29. The second-order valence-corrected chi connectivity index (χ2v) is 9.77. The molecule has 1 N–H and O–H groups in total. The molecule has 1 aromatic carbocycles. The van der Waals surface area contributed by atoms with E-state index in [-0.39, 0.29) is 6.04 Å². The van der Waals surface area contributed by atoms with Crippen LogP contribution in [0.1, 0.15) is 56.4 Å². The molecule has 0 spiro atoms. The lowest BCUT2D eigenvalue weighted by Crippen LogP contribution is -2.49. The van der Waals surface area contributed by atoms with E-state index in [0.29, 0.717) is 19.0 Å². The zero-order valence-electron chi connectivity index (χ0n) is 15.5. The summed E-state index contributed by atoms with van der Waals surface area (Å²) in [6.07, 6.45) is 9.41. The van der Waals surface area contributed by atoms with Crippen LogP contribution < -0.4 is 0 Å². The summed E-state index contributed by atoms with van der Waals surface area (Å²) in [5.41, 5.74) is 2.49. The van der Waals surface area contributed by atoms with Crippen molar-refractivity contribution in [3.05, 3.63) is 36.0 Å². The van der Waals surface area contributed by atoms with E-state index in [0.717, 1.165) is 44.0 Å². The molecule has 1 saturated carbocycles. The van der Waals surface area contributed by atoms with Crippen molar-refractivity contribution < 1.29 is 8.42 Å². The van der Waals surface area contributed by atoms with Crippen LogP contribution >= 0.6 is 0 Å². The Balaban J connectivity index is 1.44. The zero-order valence-corrected chi connectivity index (χ0v) is 16.3. The first-order chi connectivity index (χ1) is 12.6. The van der Waals surface area contributed by atoms with Crippen molar-refractivity contribution in [3.63, 3.8) is 0 Å². The van der Waals surface area contributed by atoms with Crippen LogP contribution in [0.5, 0.6) is 0 Å². The fourth-order valence-electron chi connectivity index (χ4n) is 4.64. The summed E-state index contributed by atoms with van der Waals surface area (Å²) in [4.78, 5) is 3.35. The fourth-order valence-corrected chi connectivity index (χ4v) is 6.27. The minimum atomic E-state index is -3.34. The Morgan fingerprint density at radius 1 is 1.04 bits per heavy atom. The monoisotopic (exact) mass is 375 g/mol. The lowest BCUT2D eigenvalue weighted by Gasteiger charge is -2.37. The van der Waals surface area contributed by atoms with Gasteiger partial charge in [-0.05, 0) is 43.2 Å². The van der Waals surface area contributed by atoms with E-state index in [1.165, 1.54) is 17.4 Å². The van der Waals surface area contributed by atoms with Crippen molar-refractivity contribution in [1.82, 2.24) is 13.6 Å². The van der Waals surface area contributed by atoms with Crippen LogP contribution in [-0.2, 0) is 10.2 Å². The van der Waals surface area contributed by atoms with Gasteiger partial charge in [-0.15, -0.1) is 0 Å². The van der Waals surface area contributed by atoms with Crippen LogP contribution in [-0.4, -0.2) is 48.2 Å². The van der Waals surface area contributed by atoms with Crippen molar-refractivity contribution in [1.29, 1.82) is 0 Å². The molecule has 2 heterocycles. The van der Waals surface area contributed by atoms with E-state index in [1.54, 1.807) is 15.7 Å². The van der Waals surface area contributed by atoms with E-state index in [9.17, 15) is 8.42 Å². The van der Waals surface area contributed by atoms with Crippen LogP contribution in [0.4, 0.5) is 0 Å². The molecule has 1 aliphatic heterocycles. The number of nitrogens with zero attached hydrogens (tertiary/aromatic N) is 2. The van der Waals surface area contributed by atoms with Crippen LogP contribution in [0.2, 0.25) is 0 Å². The molecule has 0 radical (unpaired) electrons. The minimum Gasteiger partial charge on any atom is -0.361 e. The summed E-state index contributed by atoms with van der Waals surface area (Å²) in [5, 5.41) is 1.27. The van der Waals surface area contributed by atoms with Gasteiger partial charge in [0, 0.05) is 43.3 Å². The molecule has 5 nitrogen and oxygen atoms in total. The van der Waals surface area contributed by atoms with Gasteiger partial charge in [-0.25, -0.2) is 0 Å². The number of rotatable bonds is 4. The Morgan fingerprint density at radius 2 is 1.73 bits per heavy atom. The summed E-state index contributed by atoms with van der Waals surface area (Å²) < 4.78 is 29.4. The Morgan fingerprint density at radius 3 is 2.46 bits per heavy atom. The lowest BCUT2D eigenvalue weighted by molar-refractivity contribution is 0.246. The SMILES string of the molecule is CN(C1CCCCC1)S(=O)(=O)N1CCC(c2c[nH]c3ccccc23)CC1. The van der Waals surface area contributed by atoms with E-state index in [2.05, 4.69) is 29.4 Å². The van der Waals surface area contributed by atoms with Crippen LogP contribution in [0.25, 0.3) is 10.9 Å². The average molecular weight is 376 g/mol. The van der Waals surface area contributed by atoms with Crippen molar-refractivity contribution in [2.45, 2.75) is 56.9 Å². The van der Waals surface area contributed by atoms with Gasteiger partial charge in [0.25, 0.3) is 10.2 Å². The molecule has 0 bridgehead atoms. The first-order valence-electron chi connectivity index (χ1n) is 9.86. The zero-order chi connectivity index (χ0) is 18.1. The van der Waals surface area contributed by atoms with E-state index < -0.39 is 10.2 Å². The number of piperidine rings is 1. The number of aromatic amines is 1. The number of hydrogen-bond donors (Lipinski definition) is 1. The van der Waals surface area contributed by atoms with Crippen LogP contribution in [0.3, 0.4) is 0 Å². The van der Waals surface area contributed by atoms with E-state index in [1.807, 2.05) is 6.07 Å². The second kappa shape index (κ2) is 7.33. The Bertz CT molecular complexity index is 847. The maximum absolute atomic E-state index is 13.0. The Kier molecular flexibility index (Phi) is 5.08. The van der Waals surface area contributed by atoms with Gasteiger partial charge in [-0.2, -0.15) is 17.0 Å². The number of nitrogens with one attached hydrogen (secondary N) is 1. The molecule has 6 heteroatoms. The number of benzene rings is 1. The second-order valence-electron chi connectivity index (χ2n) is 7.78. The van der Waals surface area contributed by atoms with Gasteiger partial charge >= 0.3 is 0 Å². The molecule has 2 fully saturated rings. The molecule has 2 aliphatic rings. The molecular weight excluding hydrogens is 346 g/mol. The van der Waals surface area contributed by atoms with Gasteiger partial charge in [0.05, 0.1) is 0 Å². The Hall–Kier alpha value is -1.37. The molecule has 1 saturated heterocycles. The van der Waals surface area contributed by atoms with E-state index >= 15 is 0 Å². The molecule has 1 aliphatic carbocycles. The van der Waals surface area contributed by atoms with Crippen molar-refractivity contribution in [3.8, 4) is 0 Å². The Labute approximate surface area is 156 Å². The predicted octanol–water partition coefficient (Wildman–Crippen LogP) is 3.86. The molecule has 26 heavy (non-hydrogen) atoms. The van der Waals surface area contributed by atoms with E-state index in [4.69, 9.17) is 0 Å². The maximum atomic E-state index is 13.0. The number of para-hydroxylation sites is 1. The van der Waals surface area contributed by atoms with Gasteiger partial charge in [0.15, 0.2) is 0 Å². The molecule has 0 unspecified atom stereocenters. The van der Waals surface area contributed by atoms with Crippen molar-refractivity contribution >= 4 is 21.1 Å². The minimum absolute atomic E-state index is 0.181. The molecule has 0 atom stereocenters. The molecule has 0 amide bonds. The lowest BCUT2D eigenvalue weighted by atomic mass is 9.90. The highest BCUT2D eigenvalue weighted by Crippen LogP contribution is 2.34. The number of H-pyrrole nitrogens is 1. The molecular formula is C20H29N3O2S. The maximum Gasteiger partial charge on any atom is 0.281 e. The van der Waals surface area contributed by atoms with Crippen LogP contribution in [0, 0.1) is 0 Å². The average Bonchev–Trinajstić information content (AvgIpc) is 3.12. The van der Waals surface area contributed by atoms with Crippen molar-refractivity contribution in [2.24, 2.45) is 0 Å². The highest BCUT2D eigenvalue weighted by molar-refractivity contribution is 7.86. The first-order valence-corrected chi connectivity index (χ1v) is 11.3. The van der Waals surface area contributed by atoms with Gasteiger partial charge in [0.1, 0.15) is 0 Å². The highest BCUT2D eigenvalue weighted by atomic mass is 32.2. The normalized spacial score (nSPS) is 21.6. The number of aromatic nitrogens is 1. The third kappa shape index (κ3) is 3.30. The summed E-state index contributed by atoms with van der Waals surface area (Å²) in [6, 6.07) is 8.54. The summed E-state index contributed by atoms with van der Waals surface area (Å²) in [6.45, 7) is 1.23. The molecule has 2 aromatic rings. The standard InChI is InChI=1S/C20H29N3O2S/c1-22(17-7-3-2-4-8-17)26(24,25)23-13-11-16(12-14-23)19-15-21-20-10-6-5-9-18(19)20/h5-6,9-10,15-17,21H,2-4,7-8,11-14H2,1H3. The summed E-state index contributed by atoms with van der Waals surface area (Å²) >= 11 is 0. The smallest absolute Gasteiger partial charge is 0.281 e. The quantitative estimate of drug-likeness (QED) is 0.882. The summed E-state index contributed by atoms with van der Waals surface area (Å²) in [5.74, 6) is 0.428. The molecule has 4 rings (SSSR count). The summed E-state index contributed by atoms with van der Waals surface area (Å²) in [7, 11) is -1.56. The van der Waals surface area contributed by atoms with Gasteiger partial charge < -0.3 is 4.98 Å².